The molecule has 1 aliphatic heterocycles. The molecule has 1 atom stereocenters. The van der Waals surface area contributed by atoms with Crippen molar-refractivity contribution >= 4 is 34.2 Å². The number of rotatable bonds is 6. The highest BCUT2D eigenvalue weighted by molar-refractivity contribution is 7.84. The molecule has 1 aliphatic rings. The normalized spacial score (nSPS) is 18.5. The van der Waals surface area contributed by atoms with Crippen LogP contribution in [0.3, 0.4) is 0 Å². The minimum Gasteiger partial charge on any atom is -0.365 e. The molecule has 5 heteroatoms. The Morgan fingerprint density at radius 1 is 1.41 bits per heavy atom. The third-order valence-electron chi connectivity index (χ3n) is 2.83. The predicted octanol–water partition coefficient (Wildman–Crippen LogP) is 2.03. The molecule has 0 spiro atoms. The van der Waals surface area contributed by atoms with Crippen LogP contribution in [0.1, 0.15) is 32.1 Å². The van der Waals surface area contributed by atoms with Gasteiger partial charge < -0.3 is 4.90 Å². The number of aliphatic imine (C=N–C) groups is 1. The number of thiocarbonyl (C=S) groups is 1. The smallest absolute Gasteiger partial charge is 0.0996 e. The standard InChI is InChI=1S/C12H22N2OS2/c1-17(15)10-6-3-7-13-11-12(16)14-8-4-2-5-9-14/h7H,2-6,8-11H2,1H3. The van der Waals surface area contributed by atoms with Gasteiger partial charge in [0.25, 0.3) is 0 Å². The fourth-order valence-electron chi connectivity index (χ4n) is 1.86. The maximum absolute atomic E-state index is 10.8. The van der Waals surface area contributed by atoms with E-state index in [1.807, 2.05) is 6.21 Å². The summed E-state index contributed by atoms with van der Waals surface area (Å²) < 4.78 is 10.8. The van der Waals surface area contributed by atoms with Crippen LogP contribution in [0.5, 0.6) is 0 Å². The van der Waals surface area contributed by atoms with Gasteiger partial charge in [0.1, 0.15) is 0 Å². The first kappa shape index (κ1) is 14.8. The highest BCUT2D eigenvalue weighted by atomic mass is 32.2. The van der Waals surface area contributed by atoms with Crippen molar-refractivity contribution in [3.63, 3.8) is 0 Å². The number of hydrogen-bond acceptors (Lipinski definition) is 3. The fraction of sp³-hybridized carbons (Fsp3) is 0.833. The van der Waals surface area contributed by atoms with Gasteiger partial charge in [0, 0.05) is 35.9 Å². The molecule has 1 unspecified atom stereocenters. The molecular weight excluding hydrogens is 252 g/mol. The van der Waals surface area contributed by atoms with Crippen LogP contribution in [0, 0.1) is 0 Å². The van der Waals surface area contributed by atoms with E-state index in [1.165, 1.54) is 19.3 Å². The van der Waals surface area contributed by atoms with E-state index < -0.39 is 10.8 Å². The average Bonchev–Trinajstić information content (AvgIpc) is 2.34. The van der Waals surface area contributed by atoms with Crippen molar-refractivity contribution in [2.24, 2.45) is 4.99 Å². The summed E-state index contributed by atoms with van der Waals surface area (Å²) >= 11 is 5.36. The molecule has 0 radical (unpaired) electrons. The third-order valence-corrected chi connectivity index (χ3v) is 4.08. The van der Waals surface area contributed by atoms with E-state index in [-0.39, 0.29) is 0 Å². The summed E-state index contributed by atoms with van der Waals surface area (Å²) in [5.41, 5.74) is 0. The minimum atomic E-state index is -0.679. The van der Waals surface area contributed by atoms with E-state index in [0.717, 1.165) is 36.7 Å². The SMILES string of the molecule is CS(=O)CCCC=NCC(=S)N1CCCCC1. The Hall–Kier alpha value is -0.290. The van der Waals surface area contributed by atoms with Crippen LogP contribution in [-0.2, 0) is 10.8 Å². The Morgan fingerprint density at radius 3 is 2.76 bits per heavy atom. The summed E-state index contributed by atoms with van der Waals surface area (Å²) in [5, 5.41) is 0. The van der Waals surface area contributed by atoms with Gasteiger partial charge in [0.05, 0.1) is 11.5 Å². The first-order valence-corrected chi connectivity index (χ1v) is 8.40. The molecule has 0 aromatic heterocycles. The summed E-state index contributed by atoms with van der Waals surface area (Å²) in [6, 6.07) is 0. The van der Waals surface area contributed by atoms with Crippen molar-refractivity contribution in [3.05, 3.63) is 0 Å². The van der Waals surface area contributed by atoms with Crippen molar-refractivity contribution < 1.29 is 4.21 Å². The molecule has 0 aliphatic carbocycles. The zero-order valence-electron chi connectivity index (χ0n) is 10.6. The summed E-state index contributed by atoms with van der Waals surface area (Å²) in [6.07, 6.45) is 9.35. The van der Waals surface area contributed by atoms with Gasteiger partial charge in [-0.1, -0.05) is 12.2 Å². The Bertz CT molecular complexity index is 286. The molecule has 1 fully saturated rings. The Labute approximate surface area is 112 Å². The minimum absolute atomic E-state index is 0.643. The zero-order chi connectivity index (χ0) is 12.5. The lowest BCUT2D eigenvalue weighted by atomic mass is 10.1. The number of hydrogen-bond donors (Lipinski definition) is 0. The van der Waals surface area contributed by atoms with Gasteiger partial charge in [-0.2, -0.15) is 0 Å². The topological polar surface area (TPSA) is 32.7 Å². The van der Waals surface area contributed by atoms with Crippen LogP contribution in [0.25, 0.3) is 0 Å². The first-order valence-electron chi connectivity index (χ1n) is 6.26. The Kier molecular flexibility index (Phi) is 7.60. The van der Waals surface area contributed by atoms with Gasteiger partial charge in [0.2, 0.25) is 0 Å². The Morgan fingerprint density at radius 2 is 2.12 bits per heavy atom. The van der Waals surface area contributed by atoms with Crippen LogP contribution in [-0.4, -0.2) is 52.0 Å². The second kappa shape index (κ2) is 8.75. The van der Waals surface area contributed by atoms with Gasteiger partial charge in [-0.05, 0) is 38.3 Å². The molecule has 98 valence electrons. The van der Waals surface area contributed by atoms with Crippen molar-refractivity contribution in [2.45, 2.75) is 32.1 Å². The maximum Gasteiger partial charge on any atom is 0.0996 e. The van der Waals surface area contributed by atoms with Gasteiger partial charge in [-0.25, -0.2) is 0 Å². The molecule has 0 aromatic rings. The molecule has 1 saturated heterocycles. The van der Waals surface area contributed by atoms with Crippen LogP contribution in [0.4, 0.5) is 0 Å². The maximum atomic E-state index is 10.8. The molecule has 0 N–H and O–H groups in total. The van der Waals surface area contributed by atoms with Crippen molar-refractivity contribution in [3.8, 4) is 0 Å². The third kappa shape index (κ3) is 6.88. The highest BCUT2D eigenvalue weighted by Crippen LogP contribution is 2.09. The Balaban J connectivity index is 2.09. The number of piperidine rings is 1. The quantitative estimate of drug-likeness (QED) is 0.422. The van der Waals surface area contributed by atoms with Crippen molar-refractivity contribution in [2.75, 3.05) is 31.6 Å². The lowest BCUT2D eigenvalue weighted by Crippen LogP contribution is -2.35. The summed E-state index contributed by atoms with van der Waals surface area (Å²) in [4.78, 5) is 7.58. The summed E-state index contributed by atoms with van der Waals surface area (Å²) in [5.74, 6) is 0.766. The largest absolute Gasteiger partial charge is 0.365 e. The fourth-order valence-corrected chi connectivity index (χ4v) is 2.69. The first-order chi connectivity index (χ1) is 8.20. The molecule has 1 rings (SSSR count). The van der Waals surface area contributed by atoms with Crippen LogP contribution < -0.4 is 0 Å². The summed E-state index contributed by atoms with van der Waals surface area (Å²) in [6.45, 7) is 2.84. The van der Waals surface area contributed by atoms with E-state index in [1.54, 1.807) is 6.26 Å². The molecule has 0 amide bonds. The summed E-state index contributed by atoms with van der Waals surface area (Å²) in [7, 11) is -0.679. The van der Waals surface area contributed by atoms with E-state index in [4.69, 9.17) is 12.2 Å². The van der Waals surface area contributed by atoms with E-state index in [0.29, 0.717) is 6.54 Å². The molecule has 0 saturated carbocycles. The van der Waals surface area contributed by atoms with Crippen LogP contribution in [0.2, 0.25) is 0 Å². The van der Waals surface area contributed by atoms with Crippen LogP contribution >= 0.6 is 12.2 Å². The molecule has 0 bridgehead atoms. The predicted molar refractivity (Wildman–Crippen MR) is 79.5 cm³/mol. The molecule has 3 nitrogen and oxygen atoms in total. The number of nitrogens with zero attached hydrogens (tertiary/aromatic N) is 2. The zero-order valence-corrected chi connectivity index (χ0v) is 12.2. The molecule has 0 aromatic carbocycles. The van der Waals surface area contributed by atoms with E-state index in [2.05, 4.69) is 9.89 Å². The van der Waals surface area contributed by atoms with Crippen molar-refractivity contribution in [1.29, 1.82) is 0 Å². The van der Waals surface area contributed by atoms with Gasteiger partial charge in [0.15, 0.2) is 0 Å². The van der Waals surface area contributed by atoms with E-state index >= 15 is 0 Å². The lowest BCUT2D eigenvalue weighted by Gasteiger charge is -2.28. The monoisotopic (exact) mass is 274 g/mol. The van der Waals surface area contributed by atoms with Crippen LogP contribution in [0.15, 0.2) is 4.99 Å². The molecule has 17 heavy (non-hydrogen) atoms. The van der Waals surface area contributed by atoms with Gasteiger partial charge in [-0.15, -0.1) is 0 Å². The molecular formula is C12H22N2OS2. The highest BCUT2D eigenvalue weighted by Gasteiger charge is 2.11. The molecule has 1 heterocycles. The van der Waals surface area contributed by atoms with Crippen molar-refractivity contribution in [1.82, 2.24) is 4.90 Å². The second-order valence-electron chi connectivity index (χ2n) is 4.38. The van der Waals surface area contributed by atoms with E-state index in [9.17, 15) is 4.21 Å². The van der Waals surface area contributed by atoms with Gasteiger partial charge >= 0.3 is 0 Å². The number of likely N-dealkylation sites (tertiary alicyclic amines) is 1. The number of unbranched alkanes of at least 4 members (excludes halogenated alkanes) is 1. The average molecular weight is 274 g/mol. The second-order valence-corrected chi connectivity index (χ2v) is 6.41. The van der Waals surface area contributed by atoms with Gasteiger partial charge in [-0.3, -0.25) is 9.20 Å². The lowest BCUT2D eigenvalue weighted by molar-refractivity contribution is 0.344.